The van der Waals surface area contributed by atoms with Gasteiger partial charge in [0, 0.05) is 6.54 Å². The molecular formula is C17H25ClN2O3. The van der Waals surface area contributed by atoms with Crippen molar-refractivity contribution in [3.63, 3.8) is 0 Å². The van der Waals surface area contributed by atoms with E-state index in [0.717, 1.165) is 44.5 Å². The van der Waals surface area contributed by atoms with E-state index in [4.69, 9.17) is 4.74 Å². The maximum absolute atomic E-state index is 12.1. The summed E-state index contributed by atoms with van der Waals surface area (Å²) in [5, 5.41) is 2.62. The molecule has 5 nitrogen and oxygen atoms in total. The number of benzene rings is 1. The van der Waals surface area contributed by atoms with Crippen LogP contribution in [0.3, 0.4) is 0 Å². The first-order chi connectivity index (χ1) is 10.6. The molecule has 1 aliphatic heterocycles. The molecule has 1 amide bonds. The van der Waals surface area contributed by atoms with Crippen molar-refractivity contribution in [3.8, 4) is 5.75 Å². The lowest BCUT2D eigenvalue weighted by atomic mass is 10.00. The van der Waals surface area contributed by atoms with Crippen LogP contribution in [0.2, 0.25) is 0 Å². The van der Waals surface area contributed by atoms with Gasteiger partial charge in [0.05, 0.1) is 18.4 Å². The third-order valence-corrected chi connectivity index (χ3v) is 3.92. The molecule has 0 bridgehead atoms. The van der Waals surface area contributed by atoms with Gasteiger partial charge in [-0.2, -0.15) is 0 Å². The molecule has 1 aliphatic rings. The smallest absolute Gasteiger partial charge is 0.296 e. The van der Waals surface area contributed by atoms with Crippen LogP contribution in [0.4, 0.5) is 5.69 Å². The molecule has 0 spiro atoms. The number of halogens is 1. The zero-order valence-electron chi connectivity index (χ0n) is 14.0. The molecule has 0 unspecified atom stereocenters. The van der Waals surface area contributed by atoms with Gasteiger partial charge in [0.2, 0.25) is 0 Å². The molecule has 0 atom stereocenters. The summed E-state index contributed by atoms with van der Waals surface area (Å²) in [6.07, 6.45) is 2.98. The largest absolute Gasteiger partial charge is 0.495 e. The Morgan fingerprint density at radius 3 is 2.30 bits per heavy atom. The van der Waals surface area contributed by atoms with Gasteiger partial charge >= 0.3 is 0 Å². The SMILES string of the molecule is CCCN(CCC)CCc1ccc(OC)c2c1C(=O)C(=O)N2.Cl. The minimum absolute atomic E-state index is 0. The van der Waals surface area contributed by atoms with Crippen molar-refractivity contribution in [2.24, 2.45) is 0 Å². The zero-order chi connectivity index (χ0) is 16.1. The second-order valence-corrected chi connectivity index (χ2v) is 5.55. The number of anilines is 1. The predicted octanol–water partition coefficient (Wildman–Crippen LogP) is 2.92. The first-order valence-corrected chi connectivity index (χ1v) is 7.90. The summed E-state index contributed by atoms with van der Waals surface area (Å²) in [7, 11) is 1.54. The van der Waals surface area contributed by atoms with Gasteiger partial charge in [0.1, 0.15) is 5.75 Å². The molecule has 1 heterocycles. The van der Waals surface area contributed by atoms with Gasteiger partial charge in [-0.3, -0.25) is 9.59 Å². The summed E-state index contributed by atoms with van der Waals surface area (Å²) >= 11 is 0. The minimum Gasteiger partial charge on any atom is -0.495 e. The lowest BCUT2D eigenvalue weighted by molar-refractivity contribution is -0.112. The van der Waals surface area contributed by atoms with Crippen LogP contribution < -0.4 is 10.1 Å². The number of ketones is 1. The third kappa shape index (κ3) is 4.24. The standard InChI is InChI=1S/C17H24N2O3.ClH/c1-4-9-19(10-5-2)11-8-12-6-7-13(22-3)15-14(12)16(20)17(21)18-15;/h6-7H,4-5,8-11H2,1-3H3,(H,18,20,21);1H. The van der Waals surface area contributed by atoms with Gasteiger partial charge in [-0.15, -0.1) is 12.4 Å². The average molecular weight is 341 g/mol. The lowest BCUT2D eigenvalue weighted by Crippen LogP contribution is -2.28. The number of hydrogen-bond donors (Lipinski definition) is 1. The molecule has 128 valence electrons. The molecule has 0 fully saturated rings. The third-order valence-electron chi connectivity index (χ3n) is 3.92. The predicted molar refractivity (Wildman–Crippen MR) is 93.9 cm³/mol. The maximum atomic E-state index is 12.1. The first-order valence-electron chi connectivity index (χ1n) is 7.90. The Balaban J connectivity index is 0.00000264. The number of nitrogens with zero attached hydrogens (tertiary/aromatic N) is 1. The zero-order valence-corrected chi connectivity index (χ0v) is 14.8. The topological polar surface area (TPSA) is 58.6 Å². The van der Waals surface area contributed by atoms with Gasteiger partial charge in [-0.05, 0) is 44.0 Å². The van der Waals surface area contributed by atoms with Crippen molar-refractivity contribution in [2.75, 3.05) is 32.1 Å². The fourth-order valence-electron chi connectivity index (χ4n) is 2.92. The molecule has 0 saturated heterocycles. The number of amides is 1. The molecule has 2 rings (SSSR count). The highest BCUT2D eigenvalue weighted by Crippen LogP contribution is 2.35. The number of nitrogens with one attached hydrogen (secondary N) is 1. The number of methoxy groups -OCH3 is 1. The Kier molecular flexibility index (Phi) is 7.52. The normalized spacial score (nSPS) is 12.9. The molecule has 0 radical (unpaired) electrons. The summed E-state index contributed by atoms with van der Waals surface area (Å²) < 4.78 is 5.23. The van der Waals surface area contributed by atoms with E-state index in [1.165, 1.54) is 7.11 Å². The molecule has 1 N–H and O–H groups in total. The molecule has 1 aromatic carbocycles. The minimum atomic E-state index is -0.570. The van der Waals surface area contributed by atoms with Crippen LogP contribution in [-0.2, 0) is 11.2 Å². The molecule has 0 saturated carbocycles. The Morgan fingerprint density at radius 2 is 1.74 bits per heavy atom. The van der Waals surface area contributed by atoms with Crippen LogP contribution in [-0.4, -0.2) is 43.3 Å². The highest BCUT2D eigenvalue weighted by atomic mass is 35.5. The average Bonchev–Trinajstić information content (AvgIpc) is 2.81. The number of carbonyl (C=O) groups is 2. The van der Waals surface area contributed by atoms with E-state index < -0.39 is 11.7 Å². The molecule has 0 aliphatic carbocycles. The van der Waals surface area contributed by atoms with Gasteiger partial charge in [0.25, 0.3) is 11.7 Å². The quantitative estimate of drug-likeness (QED) is 0.739. The van der Waals surface area contributed by atoms with Crippen LogP contribution in [0.25, 0.3) is 0 Å². The van der Waals surface area contributed by atoms with Gasteiger partial charge < -0.3 is 15.0 Å². The maximum Gasteiger partial charge on any atom is 0.296 e. The Bertz CT molecular complexity index is 569. The van der Waals surface area contributed by atoms with Crippen LogP contribution >= 0.6 is 12.4 Å². The van der Waals surface area contributed by atoms with E-state index in [1.807, 2.05) is 12.1 Å². The van der Waals surface area contributed by atoms with E-state index in [2.05, 4.69) is 24.1 Å². The van der Waals surface area contributed by atoms with Crippen molar-refractivity contribution in [1.82, 2.24) is 4.90 Å². The summed E-state index contributed by atoms with van der Waals surface area (Å²) in [4.78, 5) is 26.2. The van der Waals surface area contributed by atoms with Crippen LogP contribution in [0.15, 0.2) is 12.1 Å². The molecule has 23 heavy (non-hydrogen) atoms. The number of rotatable bonds is 8. The number of carbonyl (C=O) groups excluding carboxylic acids is 2. The highest BCUT2D eigenvalue weighted by Gasteiger charge is 2.33. The van der Waals surface area contributed by atoms with Crippen LogP contribution in [0, 0.1) is 0 Å². The summed E-state index contributed by atoms with van der Waals surface area (Å²) in [6, 6.07) is 3.71. The van der Waals surface area contributed by atoms with E-state index in [1.54, 1.807) is 0 Å². The van der Waals surface area contributed by atoms with Crippen molar-refractivity contribution < 1.29 is 14.3 Å². The fourth-order valence-corrected chi connectivity index (χ4v) is 2.92. The van der Waals surface area contributed by atoms with E-state index >= 15 is 0 Å². The Labute approximate surface area is 143 Å². The lowest BCUT2D eigenvalue weighted by Gasteiger charge is -2.21. The number of hydrogen-bond acceptors (Lipinski definition) is 4. The first kappa shape index (κ1) is 19.5. The molecular weight excluding hydrogens is 316 g/mol. The second kappa shape index (κ2) is 8.89. The summed E-state index contributed by atoms with van der Waals surface area (Å²) in [5.74, 6) is -0.488. The summed E-state index contributed by atoms with van der Waals surface area (Å²) in [6.45, 7) is 7.33. The monoisotopic (exact) mass is 340 g/mol. The molecule has 6 heteroatoms. The van der Waals surface area contributed by atoms with Crippen molar-refractivity contribution in [2.45, 2.75) is 33.1 Å². The number of ether oxygens (including phenoxy) is 1. The van der Waals surface area contributed by atoms with Crippen LogP contribution in [0.1, 0.15) is 42.6 Å². The number of Topliss-reactive ketones (excluding diaryl/α,β-unsaturated/α-hetero) is 1. The van der Waals surface area contributed by atoms with Gasteiger partial charge in [0.15, 0.2) is 0 Å². The second-order valence-electron chi connectivity index (χ2n) is 5.55. The van der Waals surface area contributed by atoms with Crippen LogP contribution in [0.5, 0.6) is 5.75 Å². The van der Waals surface area contributed by atoms with Gasteiger partial charge in [-0.1, -0.05) is 19.9 Å². The Hall–Kier alpha value is -1.59. The fraction of sp³-hybridized carbons (Fsp3) is 0.529. The van der Waals surface area contributed by atoms with E-state index in [-0.39, 0.29) is 12.4 Å². The van der Waals surface area contributed by atoms with E-state index in [0.29, 0.717) is 17.0 Å². The molecule has 1 aromatic rings. The van der Waals surface area contributed by atoms with Crippen molar-refractivity contribution in [1.29, 1.82) is 0 Å². The summed E-state index contributed by atoms with van der Waals surface area (Å²) in [5.41, 5.74) is 1.92. The molecule has 0 aromatic heterocycles. The highest BCUT2D eigenvalue weighted by molar-refractivity contribution is 6.52. The van der Waals surface area contributed by atoms with Gasteiger partial charge in [-0.25, -0.2) is 0 Å². The van der Waals surface area contributed by atoms with Crippen molar-refractivity contribution in [3.05, 3.63) is 23.3 Å². The number of fused-ring (bicyclic) bond motifs is 1. The van der Waals surface area contributed by atoms with E-state index in [9.17, 15) is 9.59 Å². The van der Waals surface area contributed by atoms with Crippen molar-refractivity contribution >= 4 is 29.8 Å². The Morgan fingerprint density at radius 1 is 1.09 bits per heavy atom.